The zero-order valence-corrected chi connectivity index (χ0v) is 28.2. The Bertz CT molecular complexity index is 1800. The number of benzene rings is 1. The Morgan fingerprint density at radius 1 is 1.22 bits per heavy atom. The number of rotatable bonds is 14. The first-order valence-electron chi connectivity index (χ1n) is 12.7. The highest BCUT2D eigenvalue weighted by Crippen LogP contribution is 2.66. The Hall–Kier alpha value is -2.29. The normalized spacial score (nSPS) is 21.8. The number of nitrogen functional groups attached to an aromatic ring is 1. The molecular weight excluding hydrogens is 719 g/mol. The van der Waals surface area contributed by atoms with Crippen molar-refractivity contribution in [2.75, 3.05) is 25.7 Å². The van der Waals surface area contributed by atoms with Gasteiger partial charge >= 0.3 is 29.4 Å². The molecule has 25 heteroatoms. The molecule has 0 aliphatic carbocycles. The molecule has 1 aliphatic rings. The van der Waals surface area contributed by atoms with Crippen molar-refractivity contribution in [3.63, 3.8) is 0 Å². The van der Waals surface area contributed by atoms with E-state index in [9.17, 15) is 33.1 Å². The lowest BCUT2D eigenvalue weighted by Gasteiger charge is -2.22. The summed E-state index contributed by atoms with van der Waals surface area (Å²) in [5.41, 5.74) is 5.71. The predicted octanol–water partition coefficient (Wildman–Crippen LogP) is 2.64. The smallest absolute Gasteiger partial charge is 0.490 e. The highest BCUT2D eigenvalue weighted by Gasteiger charge is 2.44. The Balaban J connectivity index is 1.62. The van der Waals surface area contributed by atoms with Crippen molar-refractivity contribution in [3.8, 4) is 5.75 Å². The largest absolute Gasteiger partial charge is 0.497 e. The van der Waals surface area contributed by atoms with Gasteiger partial charge in [-0.2, -0.15) is 13.6 Å². The molecule has 4 rings (SSSR count). The van der Waals surface area contributed by atoms with Crippen LogP contribution in [0.5, 0.6) is 5.75 Å². The molecule has 0 amide bonds. The number of aromatic amines is 1. The minimum atomic E-state index is -5.80. The van der Waals surface area contributed by atoms with Crippen LogP contribution in [-0.2, 0) is 36.3 Å². The number of carbonyl (C=O) groups is 1. The molecule has 1 saturated heterocycles. The van der Waals surface area contributed by atoms with Crippen LogP contribution in [0.4, 0.5) is 5.95 Å². The quantitative estimate of drug-likeness (QED) is 0.0784. The molecule has 3 aromatic rings. The number of nitrogens with zero attached hydrogens (tertiary/aromatic N) is 3. The molecule has 0 radical (unpaired) electrons. The number of phosphoric acid groups is 3. The molecule has 6 atom stereocenters. The molecule has 1 aromatic carbocycles. The first-order valence-corrected chi connectivity index (χ1v) is 19.8. The fraction of sp³-hybridized carbons (Fsp3) is 0.429. The minimum absolute atomic E-state index is 0.00483. The molecule has 7 N–H and O–H groups in total. The van der Waals surface area contributed by atoms with Gasteiger partial charge in [0.2, 0.25) is 5.95 Å². The number of nitrogens with two attached hydrogens (primary N) is 1. The van der Waals surface area contributed by atoms with E-state index in [1.807, 2.05) is 13.2 Å². The Morgan fingerprint density at radius 2 is 1.93 bits per heavy atom. The molecule has 3 unspecified atom stereocenters. The zero-order chi connectivity index (χ0) is 34.0. The fourth-order valence-corrected chi connectivity index (χ4v) is 9.15. The highest BCUT2D eigenvalue weighted by atomic mass is 33.1. The summed E-state index contributed by atoms with van der Waals surface area (Å²) in [6.45, 7) is 0.951. The molecule has 3 heterocycles. The number of methoxy groups -OCH3 is 1. The number of esters is 1. The number of fused-ring (bicyclic) bond motifs is 1. The maximum absolute atomic E-state index is 13.5. The van der Waals surface area contributed by atoms with Crippen molar-refractivity contribution >= 4 is 68.1 Å². The number of hydrogen-bond donors (Lipinski definition) is 6. The SMILES string of the molecule is COc1ccc(C(=O)O[C@@H]2C[C@H](n3cnc4c(=O)[nH]c(N)nc43)O[C@@H]2COP(=O)(O)OP(=O)(O)OP(=O)(O)O)c(C(C)SSC)c1. The minimum Gasteiger partial charge on any atom is -0.497 e. The summed E-state index contributed by atoms with van der Waals surface area (Å²) in [5, 5.41) is -0.187. The summed E-state index contributed by atoms with van der Waals surface area (Å²) in [7, 11) is -12.5. The van der Waals surface area contributed by atoms with Gasteiger partial charge in [0.15, 0.2) is 11.2 Å². The fourth-order valence-electron chi connectivity index (χ4n) is 4.36. The number of anilines is 1. The van der Waals surface area contributed by atoms with Crippen molar-refractivity contribution in [1.29, 1.82) is 0 Å². The lowest BCUT2D eigenvalue weighted by molar-refractivity contribution is -0.0490. The van der Waals surface area contributed by atoms with Gasteiger partial charge in [-0.25, -0.2) is 23.5 Å². The van der Waals surface area contributed by atoms with Crippen molar-refractivity contribution in [3.05, 3.63) is 46.0 Å². The summed E-state index contributed by atoms with van der Waals surface area (Å²) in [5.74, 6) is -0.543. The Labute approximate surface area is 267 Å². The third-order valence-electron chi connectivity index (χ3n) is 6.17. The van der Waals surface area contributed by atoms with Crippen LogP contribution in [0.15, 0.2) is 29.3 Å². The topological polar surface area (TPSA) is 294 Å². The van der Waals surface area contributed by atoms with E-state index in [2.05, 4.69) is 23.6 Å². The number of phosphoric ester groups is 1. The van der Waals surface area contributed by atoms with Crippen LogP contribution >= 0.6 is 45.1 Å². The van der Waals surface area contributed by atoms with E-state index in [1.54, 1.807) is 12.1 Å². The van der Waals surface area contributed by atoms with Crippen molar-refractivity contribution in [2.45, 2.75) is 37.0 Å². The van der Waals surface area contributed by atoms with Crippen LogP contribution in [-0.4, -0.2) is 77.2 Å². The van der Waals surface area contributed by atoms with Crippen LogP contribution in [0.2, 0.25) is 0 Å². The summed E-state index contributed by atoms with van der Waals surface area (Å²) < 4.78 is 65.7. The lowest BCUT2D eigenvalue weighted by atomic mass is 10.0. The average molecular weight is 748 g/mol. The van der Waals surface area contributed by atoms with Gasteiger partial charge in [-0.15, -0.1) is 0 Å². The van der Waals surface area contributed by atoms with E-state index in [1.165, 1.54) is 45.7 Å². The van der Waals surface area contributed by atoms with E-state index >= 15 is 0 Å². The summed E-state index contributed by atoms with van der Waals surface area (Å²) >= 11 is 0. The van der Waals surface area contributed by atoms with Gasteiger partial charge in [-0.1, -0.05) is 21.6 Å². The Kier molecular flexibility index (Phi) is 11.5. The third kappa shape index (κ3) is 9.19. The van der Waals surface area contributed by atoms with E-state index in [0.717, 1.165) is 0 Å². The highest BCUT2D eigenvalue weighted by molar-refractivity contribution is 8.76. The number of hydrogen-bond acceptors (Lipinski definition) is 16. The molecule has 1 fully saturated rings. The number of aromatic nitrogens is 4. The van der Waals surface area contributed by atoms with Crippen LogP contribution in [0.25, 0.3) is 11.2 Å². The van der Waals surface area contributed by atoms with Crippen molar-refractivity contribution in [1.82, 2.24) is 19.5 Å². The second-order valence-electron chi connectivity index (χ2n) is 9.33. The molecule has 1 aliphatic heterocycles. The predicted molar refractivity (Wildman–Crippen MR) is 163 cm³/mol. The molecule has 20 nitrogen and oxygen atoms in total. The van der Waals surface area contributed by atoms with E-state index in [-0.39, 0.29) is 34.3 Å². The number of H-pyrrole nitrogens is 1. The van der Waals surface area contributed by atoms with E-state index in [0.29, 0.717) is 11.3 Å². The van der Waals surface area contributed by atoms with Gasteiger partial charge in [0.05, 0.1) is 25.6 Å². The second-order valence-corrected chi connectivity index (χ2v) is 16.6. The molecule has 0 spiro atoms. The third-order valence-corrected chi connectivity index (χ3v) is 12.2. The lowest BCUT2D eigenvalue weighted by Crippen LogP contribution is -2.31. The first kappa shape index (κ1) is 36.5. The van der Waals surface area contributed by atoms with Crippen molar-refractivity contribution in [2.24, 2.45) is 0 Å². The molecule has 0 saturated carbocycles. The van der Waals surface area contributed by atoms with Gasteiger partial charge in [0.1, 0.15) is 24.2 Å². The Morgan fingerprint density at radius 3 is 2.59 bits per heavy atom. The van der Waals surface area contributed by atoms with Crippen molar-refractivity contribution < 1.29 is 65.4 Å². The van der Waals surface area contributed by atoms with Crippen LogP contribution in [0.3, 0.4) is 0 Å². The second kappa shape index (κ2) is 14.4. The number of nitrogens with one attached hydrogen (secondary N) is 1. The number of imidazole rings is 1. The standard InChI is InChI=1S/C21H28N5O15P3S2/c1-10(46-45-3)13-6-11(36-2)4-5-12(13)20(28)39-14-7-16(26-9-23-17-18(26)24-21(22)25-19(17)27)38-15(14)8-37-43(32,33)41-44(34,35)40-42(29,30)31/h4-6,9-10,14-16H,7-8H2,1-3H3,(H,32,33)(H,34,35)(H2,29,30,31)(H3,22,24,25,27)/t10?,14-,15-,16-/m1/s1. The van der Waals surface area contributed by atoms with Gasteiger partial charge in [0, 0.05) is 11.7 Å². The molecule has 254 valence electrons. The zero-order valence-electron chi connectivity index (χ0n) is 23.9. The van der Waals surface area contributed by atoms with Crippen LogP contribution < -0.4 is 16.0 Å². The van der Waals surface area contributed by atoms with Gasteiger partial charge in [0.25, 0.3) is 5.56 Å². The maximum Gasteiger partial charge on any atom is 0.490 e. The van der Waals surface area contributed by atoms with Gasteiger partial charge in [-0.3, -0.25) is 18.9 Å². The summed E-state index contributed by atoms with van der Waals surface area (Å²) in [6.07, 6.45) is -0.712. The van der Waals surface area contributed by atoms with E-state index in [4.69, 9.17) is 34.3 Å². The van der Waals surface area contributed by atoms with Crippen LogP contribution in [0, 0.1) is 0 Å². The molecule has 46 heavy (non-hydrogen) atoms. The summed E-state index contributed by atoms with van der Waals surface area (Å²) in [4.78, 5) is 73.2. The first-order chi connectivity index (χ1) is 21.4. The van der Waals surface area contributed by atoms with E-state index < -0.39 is 60.0 Å². The average Bonchev–Trinajstić information content (AvgIpc) is 3.53. The molecule has 2 aromatic heterocycles. The maximum atomic E-state index is 13.5. The number of carbonyl (C=O) groups excluding carboxylic acids is 1. The van der Waals surface area contributed by atoms with Gasteiger partial charge in [-0.05, 0) is 36.9 Å². The summed E-state index contributed by atoms with van der Waals surface area (Å²) in [6, 6.07) is 4.74. The number of ether oxygens (including phenoxy) is 3. The monoisotopic (exact) mass is 747 g/mol. The van der Waals surface area contributed by atoms with Gasteiger partial charge < -0.3 is 39.5 Å². The molecular formula is C21H28N5O15P3S2. The van der Waals surface area contributed by atoms with Crippen LogP contribution in [0.1, 0.15) is 40.7 Å². The molecule has 0 bridgehead atoms.